The molecular formula is C22H22F5N3O2S. The van der Waals surface area contributed by atoms with E-state index in [-0.39, 0.29) is 31.3 Å². The highest BCUT2D eigenvalue weighted by molar-refractivity contribution is 7.80. The molecule has 0 unspecified atom stereocenters. The van der Waals surface area contributed by atoms with Crippen LogP contribution in [-0.4, -0.2) is 48.7 Å². The largest absolute Gasteiger partial charge is 0.494 e. The molecule has 3 rings (SSSR count). The zero-order valence-corrected chi connectivity index (χ0v) is 18.6. The fraction of sp³-hybridized carbons (Fsp3) is 0.364. The normalized spacial score (nSPS) is 13.8. The number of hydrogen-bond acceptors (Lipinski definition) is 4. The Bertz CT molecular complexity index is 999. The van der Waals surface area contributed by atoms with E-state index >= 15 is 0 Å². The van der Waals surface area contributed by atoms with Crippen molar-refractivity contribution in [3.8, 4) is 5.75 Å². The molecule has 1 aliphatic heterocycles. The van der Waals surface area contributed by atoms with E-state index in [4.69, 9.17) is 17.0 Å². The van der Waals surface area contributed by atoms with Crippen LogP contribution in [0.4, 0.5) is 27.6 Å². The number of anilines is 1. The Kier molecular flexibility index (Phi) is 8.06. The quantitative estimate of drug-likeness (QED) is 0.215. The predicted octanol–water partition coefficient (Wildman–Crippen LogP) is 4.40. The molecule has 1 N–H and O–H groups in total. The lowest BCUT2D eigenvalue weighted by Gasteiger charge is -2.37. The molecule has 1 heterocycles. The molecule has 0 atom stereocenters. The number of benzene rings is 2. The first-order valence-corrected chi connectivity index (χ1v) is 10.7. The van der Waals surface area contributed by atoms with Crippen LogP contribution in [0.25, 0.3) is 0 Å². The molecule has 0 bridgehead atoms. The number of unbranched alkanes of at least 4 members (excludes halogenated alkanes) is 1. The second-order valence-electron chi connectivity index (χ2n) is 7.38. The summed E-state index contributed by atoms with van der Waals surface area (Å²) in [6.07, 6.45) is 1.93. The van der Waals surface area contributed by atoms with E-state index in [9.17, 15) is 26.7 Å². The van der Waals surface area contributed by atoms with Gasteiger partial charge in [0.15, 0.2) is 28.4 Å². The summed E-state index contributed by atoms with van der Waals surface area (Å²) in [7, 11) is 0. The van der Waals surface area contributed by atoms with E-state index in [2.05, 4.69) is 12.2 Å². The van der Waals surface area contributed by atoms with E-state index in [1.807, 2.05) is 0 Å². The van der Waals surface area contributed by atoms with Crippen molar-refractivity contribution in [1.82, 2.24) is 10.2 Å². The molecule has 2 aromatic carbocycles. The van der Waals surface area contributed by atoms with Gasteiger partial charge in [0.05, 0.1) is 6.61 Å². The molecule has 0 spiro atoms. The minimum absolute atomic E-state index is 0.0574. The Balaban J connectivity index is 1.57. The van der Waals surface area contributed by atoms with Crippen LogP contribution in [0.2, 0.25) is 0 Å². The van der Waals surface area contributed by atoms with Gasteiger partial charge in [0, 0.05) is 31.7 Å². The minimum Gasteiger partial charge on any atom is -0.494 e. The molecule has 33 heavy (non-hydrogen) atoms. The number of nitrogens with one attached hydrogen (secondary N) is 1. The number of piperazine rings is 1. The SMILES string of the molecule is CCCCOc1ccc(C(=O)NC(=S)N2CCN(c3c(F)c(F)c(F)c(F)c3F)CC2)cc1. The molecule has 1 aliphatic rings. The summed E-state index contributed by atoms with van der Waals surface area (Å²) in [5, 5.41) is 2.68. The summed E-state index contributed by atoms with van der Waals surface area (Å²) in [5.74, 6) is -9.73. The van der Waals surface area contributed by atoms with Crippen LogP contribution in [0.1, 0.15) is 30.1 Å². The molecule has 178 valence electrons. The van der Waals surface area contributed by atoms with Crippen molar-refractivity contribution in [3.63, 3.8) is 0 Å². The van der Waals surface area contributed by atoms with Crippen molar-refractivity contribution in [2.45, 2.75) is 19.8 Å². The third-order valence-corrected chi connectivity index (χ3v) is 5.53. The lowest BCUT2D eigenvalue weighted by atomic mass is 10.2. The van der Waals surface area contributed by atoms with Crippen LogP contribution >= 0.6 is 12.2 Å². The van der Waals surface area contributed by atoms with Crippen LogP contribution in [0.5, 0.6) is 5.75 Å². The maximum atomic E-state index is 14.0. The first-order chi connectivity index (χ1) is 15.7. The maximum absolute atomic E-state index is 14.0. The number of carbonyl (C=O) groups is 1. The molecule has 5 nitrogen and oxygen atoms in total. The van der Waals surface area contributed by atoms with Crippen molar-refractivity contribution >= 4 is 28.9 Å². The van der Waals surface area contributed by atoms with E-state index in [1.54, 1.807) is 29.2 Å². The van der Waals surface area contributed by atoms with Gasteiger partial charge >= 0.3 is 0 Å². The minimum atomic E-state index is -2.20. The molecule has 0 aromatic heterocycles. The van der Waals surface area contributed by atoms with Crippen molar-refractivity contribution < 1.29 is 31.5 Å². The Morgan fingerprint density at radius 3 is 2.03 bits per heavy atom. The average molecular weight is 487 g/mol. The van der Waals surface area contributed by atoms with Gasteiger partial charge in [-0.3, -0.25) is 10.1 Å². The molecule has 1 saturated heterocycles. The van der Waals surface area contributed by atoms with Crippen molar-refractivity contribution in [2.24, 2.45) is 0 Å². The number of hydrogen-bond donors (Lipinski definition) is 1. The number of ether oxygens (including phenoxy) is 1. The van der Waals surface area contributed by atoms with Gasteiger partial charge in [0.1, 0.15) is 11.4 Å². The number of nitrogens with zero attached hydrogens (tertiary/aromatic N) is 2. The maximum Gasteiger partial charge on any atom is 0.257 e. The van der Waals surface area contributed by atoms with Crippen LogP contribution in [0.15, 0.2) is 24.3 Å². The van der Waals surface area contributed by atoms with Crippen molar-refractivity contribution in [1.29, 1.82) is 0 Å². The predicted molar refractivity (Wildman–Crippen MR) is 117 cm³/mol. The summed E-state index contributed by atoms with van der Waals surface area (Å²) in [6, 6.07) is 6.55. The molecule has 0 aliphatic carbocycles. The second kappa shape index (κ2) is 10.8. The van der Waals surface area contributed by atoms with Gasteiger partial charge in [-0.25, -0.2) is 22.0 Å². The van der Waals surface area contributed by atoms with Crippen LogP contribution in [-0.2, 0) is 0 Å². The molecule has 1 amide bonds. The number of rotatable bonds is 6. The zero-order chi connectivity index (χ0) is 24.1. The molecule has 11 heteroatoms. The van der Waals surface area contributed by atoms with Crippen molar-refractivity contribution in [3.05, 3.63) is 58.9 Å². The van der Waals surface area contributed by atoms with Gasteiger partial charge in [0.2, 0.25) is 5.82 Å². The van der Waals surface area contributed by atoms with Crippen LogP contribution < -0.4 is 15.0 Å². The topological polar surface area (TPSA) is 44.8 Å². The smallest absolute Gasteiger partial charge is 0.257 e. The second-order valence-corrected chi connectivity index (χ2v) is 7.76. The first kappa shape index (κ1) is 24.7. The molecule has 1 fully saturated rings. The first-order valence-electron chi connectivity index (χ1n) is 10.3. The summed E-state index contributed by atoms with van der Waals surface area (Å²) in [4.78, 5) is 15.1. The number of halogens is 5. The highest BCUT2D eigenvalue weighted by atomic mass is 32.1. The summed E-state index contributed by atoms with van der Waals surface area (Å²) >= 11 is 5.25. The highest BCUT2D eigenvalue weighted by Gasteiger charge is 2.31. The van der Waals surface area contributed by atoms with E-state index in [0.717, 1.165) is 17.7 Å². The van der Waals surface area contributed by atoms with Gasteiger partial charge < -0.3 is 14.5 Å². The summed E-state index contributed by atoms with van der Waals surface area (Å²) in [5.41, 5.74) is -0.609. The van der Waals surface area contributed by atoms with Crippen LogP contribution in [0.3, 0.4) is 0 Å². The fourth-order valence-electron chi connectivity index (χ4n) is 3.29. The van der Waals surface area contributed by atoms with Gasteiger partial charge in [-0.2, -0.15) is 0 Å². The Morgan fingerprint density at radius 1 is 0.939 bits per heavy atom. The summed E-state index contributed by atoms with van der Waals surface area (Å²) in [6.45, 7) is 2.75. The number of amides is 1. The van der Waals surface area contributed by atoms with Crippen molar-refractivity contribution in [2.75, 3.05) is 37.7 Å². The zero-order valence-electron chi connectivity index (χ0n) is 17.8. The van der Waals surface area contributed by atoms with Gasteiger partial charge in [-0.05, 0) is 42.9 Å². The standard InChI is InChI=1S/C22H22F5N3O2S/c1-2-3-12-32-14-6-4-13(5-7-14)21(31)28-22(33)30-10-8-29(9-11-30)20-18(26)16(24)15(23)17(25)19(20)27/h4-7H,2-3,8-12H2,1H3,(H,28,31,33). The number of carbonyl (C=O) groups excluding carboxylic acids is 1. The highest BCUT2D eigenvalue weighted by Crippen LogP contribution is 2.30. The molecule has 0 radical (unpaired) electrons. The van der Waals surface area contributed by atoms with Gasteiger partial charge in [-0.1, -0.05) is 13.3 Å². The molecular weight excluding hydrogens is 465 g/mol. The van der Waals surface area contributed by atoms with Gasteiger partial charge in [-0.15, -0.1) is 0 Å². The summed E-state index contributed by atoms with van der Waals surface area (Å²) < 4.78 is 73.9. The van der Waals surface area contributed by atoms with E-state index in [0.29, 0.717) is 17.9 Å². The fourth-order valence-corrected chi connectivity index (χ4v) is 3.56. The lowest BCUT2D eigenvalue weighted by Crippen LogP contribution is -2.53. The Labute approximate surface area is 193 Å². The van der Waals surface area contributed by atoms with Gasteiger partial charge in [0.25, 0.3) is 5.91 Å². The molecule has 2 aromatic rings. The average Bonchev–Trinajstić information content (AvgIpc) is 2.82. The molecule has 0 saturated carbocycles. The number of thiocarbonyl (C=S) groups is 1. The monoisotopic (exact) mass is 487 g/mol. The third kappa shape index (κ3) is 5.52. The third-order valence-electron chi connectivity index (χ3n) is 5.17. The Hall–Kier alpha value is -2.95. The Morgan fingerprint density at radius 2 is 1.48 bits per heavy atom. The van der Waals surface area contributed by atoms with Crippen LogP contribution in [0, 0.1) is 29.1 Å². The van der Waals surface area contributed by atoms with E-state index in [1.165, 1.54) is 0 Å². The lowest BCUT2D eigenvalue weighted by molar-refractivity contribution is 0.0973. The van der Waals surface area contributed by atoms with E-state index < -0.39 is 40.7 Å².